The summed E-state index contributed by atoms with van der Waals surface area (Å²) in [4.78, 5) is 19.6. The number of rotatable bonds is 5. The van der Waals surface area contributed by atoms with E-state index in [4.69, 9.17) is 4.74 Å². The van der Waals surface area contributed by atoms with Gasteiger partial charge in [0.1, 0.15) is 0 Å². The number of hydrogen-bond acceptors (Lipinski definition) is 5. The average molecular weight is 408 g/mol. The molecule has 0 atom stereocenters. The van der Waals surface area contributed by atoms with Crippen molar-refractivity contribution in [1.29, 1.82) is 0 Å². The van der Waals surface area contributed by atoms with E-state index in [0.29, 0.717) is 22.8 Å². The lowest BCUT2D eigenvalue weighted by molar-refractivity contribution is 0.394. The summed E-state index contributed by atoms with van der Waals surface area (Å²) in [7, 11) is 1.47. The molecule has 29 heavy (non-hydrogen) atoms. The molecule has 0 aliphatic rings. The number of benzene rings is 1. The van der Waals surface area contributed by atoms with Gasteiger partial charge in [-0.1, -0.05) is 0 Å². The molecule has 10 heteroatoms. The summed E-state index contributed by atoms with van der Waals surface area (Å²) in [6.45, 7) is 3.16. The topological polar surface area (TPSA) is 69.0 Å². The number of anilines is 2. The minimum atomic E-state index is -1.60. The Morgan fingerprint density at radius 1 is 1.03 bits per heavy atom. The van der Waals surface area contributed by atoms with Crippen molar-refractivity contribution in [2.24, 2.45) is 0 Å². The Morgan fingerprint density at radius 2 is 1.69 bits per heavy atom. The summed E-state index contributed by atoms with van der Waals surface area (Å²) in [6.07, 6.45) is 0.843. The van der Waals surface area contributed by atoms with Gasteiger partial charge >= 0.3 is 5.56 Å². The first-order valence-electron chi connectivity index (χ1n) is 8.39. The zero-order chi connectivity index (χ0) is 21.3. The molecule has 6 nitrogen and oxygen atoms in total. The fourth-order valence-electron chi connectivity index (χ4n) is 2.72. The van der Waals surface area contributed by atoms with E-state index in [1.807, 2.05) is 0 Å². The van der Waals surface area contributed by atoms with Crippen LogP contribution in [0.1, 0.15) is 16.8 Å². The number of aromatic nitrogens is 3. The van der Waals surface area contributed by atoms with E-state index in [2.05, 4.69) is 15.3 Å². The minimum Gasteiger partial charge on any atom is -0.481 e. The molecule has 0 saturated heterocycles. The van der Waals surface area contributed by atoms with E-state index < -0.39 is 28.8 Å². The Morgan fingerprint density at radius 3 is 2.31 bits per heavy atom. The summed E-state index contributed by atoms with van der Waals surface area (Å²) in [5.74, 6) is -5.19. The maximum absolute atomic E-state index is 13.8. The molecule has 1 N–H and O–H groups in total. The van der Waals surface area contributed by atoms with Crippen molar-refractivity contribution in [1.82, 2.24) is 14.5 Å². The highest BCUT2D eigenvalue weighted by Gasteiger charge is 2.15. The maximum atomic E-state index is 13.8. The lowest BCUT2D eigenvalue weighted by Gasteiger charge is -2.16. The van der Waals surface area contributed by atoms with Gasteiger partial charge in [-0.15, -0.1) is 0 Å². The van der Waals surface area contributed by atoms with Gasteiger partial charge in [0, 0.05) is 11.8 Å². The van der Waals surface area contributed by atoms with Gasteiger partial charge in [0.05, 0.1) is 25.0 Å². The highest BCUT2D eigenvalue weighted by Crippen LogP contribution is 2.25. The van der Waals surface area contributed by atoms with Crippen molar-refractivity contribution >= 4 is 11.6 Å². The van der Waals surface area contributed by atoms with E-state index >= 15 is 0 Å². The number of halogens is 4. The van der Waals surface area contributed by atoms with Crippen LogP contribution in [-0.4, -0.2) is 21.6 Å². The highest BCUT2D eigenvalue weighted by molar-refractivity contribution is 5.59. The molecule has 1 aromatic carbocycles. The first-order valence-corrected chi connectivity index (χ1v) is 8.39. The molecule has 0 spiro atoms. The monoisotopic (exact) mass is 408 g/mol. The van der Waals surface area contributed by atoms with E-state index in [1.54, 1.807) is 19.9 Å². The van der Waals surface area contributed by atoms with Crippen molar-refractivity contribution in [3.63, 3.8) is 0 Å². The molecule has 0 amide bonds. The number of pyridine rings is 1. The second kappa shape index (κ2) is 7.90. The van der Waals surface area contributed by atoms with Crippen LogP contribution in [-0.2, 0) is 6.54 Å². The van der Waals surface area contributed by atoms with Crippen molar-refractivity contribution in [2.45, 2.75) is 20.4 Å². The highest BCUT2D eigenvalue weighted by atomic mass is 19.2. The molecule has 3 rings (SSSR count). The van der Waals surface area contributed by atoms with Crippen LogP contribution in [0.2, 0.25) is 0 Å². The standard InChI is InChI=1S/C19H16F4N4O2/c1-9-4-15(10(2)24-18(9)29-3)25-19-26-17(28)14(22)8-27(19)7-11-5-12(20)16(23)13(21)6-11/h4-6,8H,7H2,1-3H3,(H,25,26,28). The molecule has 0 saturated carbocycles. The van der Waals surface area contributed by atoms with Gasteiger partial charge in [-0.25, -0.2) is 18.2 Å². The van der Waals surface area contributed by atoms with Gasteiger partial charge in [-0.05, 0) is 37.6 Å². The zero-order valence-corrected chi connectivity index (χ0v) is 15.7. The number of ether oxygens (including phenoxy) is 1. The molecule has 0 bridgehead atoms. The number of methoxy groups -OCH3 is 1. The Kier molecular flexibility index (Phi) is 5.53. The molecular formula is C19H16F4N4O2. The quantitative estimate of drug-likeness (QED) is 0.516. The molecule has 0 aliphatic heterocycles. The normalized spacial score (nSPS) is 10.9. The third-order valence-corrected chi connectivity index (χ3v) is 4.15. The van der Waals surface area contributed by atoms with E-state index in [0.717, 1.165) is 22.9 Å². The van der Waals surface area contributed by atoms with Crippen LogP contribution in [0, 0.1) is 37.1 Å². The smallest absolute Gasteiger partial charge is 0.310 e. The molecule has 0 radical (unpaired) electrons. The van der Waals surface area contributed by atoms with Crippen molar-refractivity contribution in [2.75, 3.05) is 12.4 Å². The predicted molar refractivity (Wildman–Crippen MR) is 97.4 cm³/mol. The average Bonchev–Trinajstić information content (AvgIpc) is 2.66. The molecule has 0 fully saturated rings. The van der Waals surface area contributed by atoms with Gasteiger partial charge < -0.3 is 14.6 Å². The first kappa shape index (κ1) is 20.3. The molecular weight excluding hydrogens is 392 g/mol. The fourth-order valence-corrected chi connectivity index (χ4v) is 2.72. The second-order valence-electron chi connectivity index (χ2n) is 6.29. The fraction of sp³-hybridized carbons (Fsp3) is 0.211. The van der Waals surface area contributed by atoms with Gasteiger partial charge in [-0.3, -0.25) is 4.79 Å². The van der Waals surface area contributed by atoms with Crippen LogP contribution >= 0.6 is 0 Å². The molecule has 0 aliphatic carbocycles. The lowest BCUT2D eigenvalue weighted by Crippen LogP contribution is -2.20. The molecule has 152 valence electrons. The Labute approximate surface area is 162 Å². The number of hydrogen-bond donors (Lipinski definition) is 1. The third-order valence-electron chi connectivity index (χ3n) is 4.15. The largest absolute Gasteiger partial charge is 0.481 e. The van der Waals surface area contributed by atoms with E-state index in [1.165, 1.54) is 7.11 Å². The van der Waals surface area contributed by atoms with Crippen LogP contribution in [0.25, 0.3) is 0 Å². The number of aryl methyl sites for hydroxylation is 2. The van der Waals surface area contributed by atoms with Crippen LogP contribution in [0.3, 0.4) is 0 Å². The van der Waals surface area contributed by atoms with Crippen LogP contribution in [0.15, 0.2) is 29.2 Å². The zero-order valence-electron chi connectivity index (χ0n) is 15.7. The van der Waals surface area contributed by atoms with E-state index in [9.17, 15) is 22.4 Å². The van der Waals surface area contributed by atoms with Gasteiger partial charge in [0.15, 0.2) is 17.5 Å². The van der Waals surface area contributed by atoms with Crippen molar-refractivity contribution in [3.8, 4) is 5.88 Å². The minimum absolute atomic E-state index is 0.00931. The summed E-state index contributed by atoms with van der Waals surface area (Å²) >= 11 is 0. The van der Waals surface area contributed by atoms with Crippen molar-refractivity contribution < 1.29 is 22.3 Å². The van der Waals surface area contributed by atoms with Crippen molar-refractivity contribution in [3.05, 3.63) is 74.8 Å². The Hall–Kier alpha value is -3.43. The number of nitrogens with zero attached hydrogens (tertiary/aromatic N) is 3. The van der Waals surface area contributed by atoms with Crippen LogP contribution in [0.5, 0.6) is 5.88 Å². The summed E-state index contributed by atoms with van der Waals surface area (Å²) in [5, 5.41) is 2.87. The van der Waals surface area contributed by atoms with E-state index in [-0.39, 0.29) is 18.1 Å². The third kappa shape index (κ3) is 4.20. The molecule has 3 aromatic rings. The predicted octanol–water partition coefficient (Wildman–Crippen LogP) is 3.61. The molecule has 0 unspecified atom stereocenters. The van der Waals surface area contributed by atoms with Crippen LogP contribution in [0.4, 0.5) is 29.2 Å². The lowest BCUT2D eigenvalue weighted by atomic mass is 10.2. The molecule has 2 heterocycles. The second-order valence-corrected chi connectivity index (χ2v) is 6.29. The van der Waals surface area contributed by atoms with Gasteiger partial charge in [-0.2, -0.15) is 9.37 Å². The Balaban J connectivity index is 2.03. The molecule has 2 aromatic heterocycles. The summed E-state index contributed by atoms with van der Waals surface area (Å²) in [5.41, 5.74) is 0.564. The Bertz CT molecular complexity index is 1120. The van der Waals surface area contributed by atoms with Gasteiger partial charge in [0.25, 0.3) is 0 Å². The first-order chi connectivity index (χ1) is 13.7. The summed E-state index contributed by atoms with van der Waals surface area (Å²) < 4.78 is 60.3. The summed E-state index contributed by atoms with van der Waals surface area (Å²) in [6, 6.07) is 3.25. The van der Waals surface area contributed by atoms with Gasteiger partial charge in [0.2, 0.25) is 17.6 Å². The SMILES string of the molecule is COc1nc(C)c(Nc2nc(=O)c(F)cn2Cc2cc(F)c(F)c(F)c2)cc1C. The number of nitrogens with one attached hydrogen (secondary N) is 1. The maximum Gasteiger partial charge on any atom is 0.310 e. The van der Waals surface area contributed by atoms with Crippen LogP contribution < -0.4 is 15.6 Å².